The molecule has 0 radical (unpaired) electrons. The molecule has 3 nitrogen and oxygen atoms in total. The van der Waals surface area contributed by atoms with Crippen molar-refractivity contribution in [3.05, 3.63) is 65.7 Å². The molecule has 1 heterocycles. The molecule has 1 saturated heterocycles. The highest BCUT2D eigenvalue weighted by atomic mass is 16.5. The minimum atomic E-state index is -0.899. The number of likely N-dealkylation sites (tertiary alicyclic amines) is 1. The Morgan fingerprint density at radius 1 is 0.963 bits per heavy atom. The SMILES string of the molecule is CCOc1ccc([C@](O)(CC)[C@@H](CN2CCCCC2)c2ccccc2)cc1. The maximum absolute atomic E-state index is 11.9. The Hall–Kier alpha value is -1.84. The summed E-state index contributed by atoms with van der Waals surface area (Å²) in [5.41, 5.74) is 1.28. The fourth-order valence-electron chi connectivity index (χ4n) is 4.28. The molecule has 27 heavy (non-hydrogen) atoms. The molecule has 1 aliphatic rings. The van der Waals surface area contributed by atoms with Crippen LogP contribution in [-0.2, 0) is 5.60 Å². The van der Waals surface area contributed by atoms with Gasteiger partial charge in [-0.05, 0) is 62.5 Å². The molecule has 2 aromatic carbocycles. The topological polar surface area (TPSA) is 32.7 Å². The number of hydrogen-bond acceptors (Lipinski definition) is 3. The Labute approximate surface area is 164 Å². The van der Waals surface area contributed by atoms with Crippen LogP contribution in [-0.4, -0.2) is 36.2 Å². The molecule has 3 heteroatoms. The zero-order valence-electron chi connectivity index (χ0n) is 16.7. The molecule has 3 rings (SSSR count). The van der Waals surface area contributed by atoms with Gasteiger partial charge in [-0.3, -0.25) is 0 Å². The van der Waals surface area contributed by atoms with Crippen molar-refractivity contribution in [1.29, 1.82) is 0 Å². The molecule has 1 aliphatic heterocycles. The quantitative estimate of drug-likeness (QED) is 0.716. The lowest BCUT2D eigenvalue weighted by molar-refractivity contribution is -0.0105. The van der Waals surface area contributed by atoms with Gasteiger partial charge in [0.2, 0.25) is 0 Å². The van der Waals surface area contributed by atoms with Crippen LogP contribution >= 0.6 is 0 Å². The molecule has 0 aromatic heterocycles. The maximum atomic E-state index is 11.9. The third kappa shape index (κ3) is 4.72. The smallest absolute Gasteiger partial charge is 0.119 e. The van der Waals surface area contributed by atoms with Crippen LogP contribution in [0.2, 0.25) is 0 Å². The van der Waals surface area contributed by atoms with Crippen molar-refractivity contribution in [1.82, 2.24) is 4.90 Å². The van der Waals surface area contributed by atoms with Gasteiger partial charge in [0.1, 0.15) is 5.75 Å². The molecule has 0 saturated carbocycles. The average molecular weight is 368 g/mol. The summed E-state index contributed by atoms with van der Waals surface area (Å²) in [5, 5.41) is 11.9. The minimum Gasteiger partial charge on any atom is -0.494 e. The van der Waals surface area contributed by atoms with Crippen LogP contribution in [0.15, 0.2) is 54.6 Å². The van der Waals surface area contributed by atoms with E-state index in [1.54, 1.807) is 0 Å². The van der Waals surface area contributed by atoms with Crippen molar-refractivity contribution in [3.8, 4) is 5.75 Å². The number of ether oxygens (including phenoxy) is 1. The van der Waals surface area contributed by atoms with Gasteiger partial charge < -0.3 is 14.7 Å². The predicted octanol–water partition coefficient (Wildman–Crippen LogP) is 4.95. The average Bonchev–Trinajstić information content (AvgIpc) is 2.73. The second kappa shape index (κ2) is 9.38. The number of piperidine rings is 1. The van der Waals surface area contributed by atoms with E-state index < -0.39 is 5.60 Å². The van der Waals surface area contributed by atoms with E-state index in [1.807, 2.05) is 37.3 Å². The van der Waals surface area contributed by atoms with Crippen LogP contribution < -0.4 is 4.74 Å². The molecule has 2 atom stereocenters. The van der Waals surface area contributed by atoms with Crippen LogP contribution in [0, 0.1) is 0 Å². The lowest BCUT2D eigenvalue weighted by atomic mass is 9.75. The van der Waals surface area contributed by atoms with E-state index in [4.69, 9.17) is 4.74 Å². The monoisotopic (exact) mass is 367 g/mol. The van der Waals surface area contributed by atoms with Crippen molar-refractivity contribution in [2.75, 3.05) is 26.2 Å². The van der Waals surface area contributed by atoms with Crippen LogP contribution in [0.5, 0.6) is 5.75 Å². The molecule has 0 unspecified atom stereocenters. The summed E-state index contributed by atoms with van der Waals surface area (Å²) in [4.78, 5) is 2.52. The van der Waals surface area contributed by atoms with Crippen LogP contribution in [0.1, 0.15) is 56.6 Å². The molecule has 1 fully saturated rings. The summed E-state index contributed by atoms with van der Waals surface area (Å²) in [5.74, 6) is 0.895. The van der Waals surface area contributed by atoms with Crippen molar-refractivity contribution in [3.63, 3.8) is 0 Å². The first-order chi connectivity index (χ1) is 13.2. The van der Waals surface area contributed by atoms with Crippen molar-refractivity contribution in [2.45, 2.75) is 51.0 Å². The standard InChI is InChI=1S/C24H33NO2/c1-3-24(26,21-13-15-22(16-14-21)27-4-2)23(20-11-7-5-8-12-20)19-25-17-9-6-10-18-25/h5,7-8,11-16,23,26H,3-4,6,9-10,17-19H2,1-2H3/t23-,24+/m0/s1. The second-order valence-corrected chi connectivity index (χ2v) is 7.56. The Morgan fingerprint density at radius 2 is 1.63 bits per heavy atom. The maximum Gasteiger partial charge on any atom is 0.119 e. The Balaban J connectivity index is 1.93. The van der Waals surface area contributed by atoms with Gasteiger partial charge in [0, 0.05) is 12.5 Å². The molecule has 2 aromatic rings. The van der Waals surface area contributed by atoms with Gasteiger partial charge in [0.05, 0.1) is 12.2 Å². The van der Waals surface area contributed by atoms with Gasteiger partial charge in [-0.25, -0.2) is 0 Å². The first kappa shape index (κ1) is 19.9. The summed E-state index contributed by atoms with van der Waals surface area (Å²) in [6.07, 6.45) is 4.52. The van der Waals surface area contributed by atoms with E-state index >= 15 is 0 Å². The highest BCUT2D eigenvalue weighted by Gasteiger charge is 2.39. The number of rotatable bonds is 8. The second-order valence-electron chi connectivity index (χ2n) is 7.56. The Bertz CT molecular complexity index is 679. The molecule has 0 aliphatic carbocycles. The minimum absolute atomic E-state index is 0.0414. The molecule has 0 spiro atoms. The predicted molar refractivity (Wildman–Crippen MR) is 111 cm³/mol. The molecule has 0 amide bonds. The van der Waals surface area contributed by atoms with Crippen LogP contribution in [0.3, 0.4) is 0 Å². The molecule has 1 N–H and O–H groups in total. The van der Waals surface area contributed by atoms with Gasteiger partial charge in [0.15, 0.2) is 0 Å². The molecular weight excluding hydrogens is 334 g/mol. The van der Waals surface area contributed by atoms with E-state index in [-0.39, 0.29) is 5.92 Å². The number of aliphatic hydroxyl groups is 1. The lowest BCUT2D eigenvalue weighted by Gasteiger charge is -2.40. The van der Waals surface area contributed by atoms with E-state index in [9.17, 15) is 5.11 Å². The third-order valence-corrected chi connectivity index (χ3v) is 5.87. The molecule has 146 valence electrons. The zero-order chi connectivity index (χ0) is 19.1. The Kier molecular flexibility index (Phi) is 6.92. The summed E-state index contributed by atoms with van der Waals surface area (Å²) in [7, 11) is 0. The van der Waals surface area contributed by atoms with Crippen LogP contribution in [0.4, 0.5) is 0 Å². The normalized spacial score (nSPS) is 18.6. The van der Waals surface area contributed by atoms with Crippen LogP contribution in [0.25, 0.3) is 0 Å². The van der Waals surface area contributed by atoms with Gasteiger partial charge in [-0.15, -0.1) is 0 Å². The van der Waals surface area contributed by atoms with E-state index in [1.165, 1.54) is 24.8 Å². The first-order valence-corrected chi connectivity index (χ1v) is 10.4. The zero-order valence-corrected chi connectivity index (χ0v) is 16.7. The number of nitrogens with zero attached hydrogens (tertiary/aromatic N) is 1. The van der Waals surface area contributed by atoms with Gasteiger partial charge in [-0.1, -0.05) is 55.8 Å². The number of hydrogen-bond donors (Lipinski definition) is 1. The summed E-state index contributed by atoms with van der Waals surface area (Å²) in [6, 6.07) is 18.5. The van der Waals surface area contributed by atoms with E-state index in [2.05, 4.69) is 36.1 Å². The first-order valence-electron chi connectivity index (χ1n) is 10.4. The fraction of sp³-hybridized carbons (Fsp3) is 0.500. The largest absolute Gasteiger partial charge is 0.494 e. The molecule has 0 bridgehead atoms. The van der Waals surface area contributed by atoms with Crippen molar-refractivity contribution in [2.24, 2.45) is 0 Å². The van der Waals surface area contributed by atoms with E-state index in [0.717, 1.165) is 30.9 Å². The van der Waals surface area contributed by atoms with Gasteiger partial charge in [-0.2, -0.15) is 0 Å². The molecular formula is C24H33NO2. The summed E-state index contributed by atoms with van der Waals surface area (Å²) >= 11 is 0. The van der Waals surface area contributed by atoms with E-state index in [0.29, 0.717) is 13.0 Å². The van der Waals surface area contributed by atoms with Gasteiger partial charge >= 0.3 is 0 Å². The third-order valence-electron chi connectivity index (χ3n) is 5.87. The highest BCUT2D eigenvalue weighted by molar-refractivity contribution is 5.35. The summed E-state index contributed by atoms with van der Waals surface area (Å²) in [6.45, 7) is 7.88. The Morgan fingerprint density at radius 3 is 2.22 bits per heavy atom. The van der Waals surface area contributed by atoms with Gasteiger partial charge in [0.25, 0.3) is 0 Å². The van der Waals surface area contributed by atoms with Crippen molar-refractivity contribution < 1.29 is 9.84 Å². The highest BCUT2D eigenvalue weighted by Crippen LogP contribution is 2.41. The summed E-state index contributed by atoms with van der Waals surface area (Å²) < 4.78 is 5.58. The lowest BCUT2D eigenvalue weighted by Crippen LogP contribution is -2.42. The number of benzene rings is 2. The fourth-order valence-corrected chi connectivity index (χ4v) is 4.28. The van der Waals surface area contributed by atoms with Crippen molar-refractivity contribution >= 4 is 0 Å².